The Balaban J connectivity index is 1.86. The Labute approximate surface area is 191 Å². The summed E-state index contributed by atoms with van der Waals surface area (Å²) in [7, 11) is 3.14. The van der Waals surface area contributed by atoms with Gasteiger partial charge in [-0.05, 0) is 30.0 Å². The van der Waals surface area contributed by atoms with Gasteiger partial charge in [-0.25, -0.2) is 0 Å². The second-order valence-corrected chi connectivity index (χ2v) is 8.80. The average molecular weight is 510 g/mol. The van der Waals surface area contributed by atoms with Crippen LogP contribution in [0.15, 0.2) is 40.0 Å². The molecule has 0 spiro atoms. The number of nitrogens with zero attached hydrogens (tertiary/aromatic N) is 3. The number of hydrogen-bond donors (Lipinski definition) is 1. The van der Waals surface area contributed by atoms with Crippen molar-refractivity contribution < 1.29 is 14.2 Å². The zero-order valence-corrected chi connectivity index (χ0v) is 19.6. The minimum absolute atomic E-state index is 0.376. The molecule has 3 aromatic rings. The molecule has 0 bridgehead atoms. The molecule has 2 heterocycles. The molecule has 1 aliphatic rings. The first-order valence-electron chi connectivity index (χ1n) is 9.06. The first-order valence-corrected chi connectivity index (χ1v) is 11.2. The molecule has 0 unspecified atom stereocenters. The van der Waals surface area contributed by atoms with E-state index in [1.54, 1.807) is 26.4 Å². The summed E-state index contributed by atoms with van der Waals surface area (Å²) >= 11 is 11.6. The molecule has 7 nitrogen and oxygen atoms in total. The van der Waals surface area contributed by atoms with E-state index in [4.69, 9.17) is 25.8 Å². The van der Waals surface area contributed by atoms with Gasteiger partial charge in [0.1, 0.15) is 0 Å². The van der Waals surface area contributed by atoms with Crippen LogP contribution in [0.4, 0.5) is 5.69 Å². The van der Waals surface area contributed by atoms with Gasteiger partial charge in [0.2, 0.25) is 11.0 Å². The minimum Gasteiger partial charge on any atom is -0.493 e. The van der Waals surface area contributed by atoms with Gasteiger partial charge in [0.25, 0.3) is 0 Å². The summed E-state index contributed by atoms with van der Waals surface area (Å²) in [5.41, 5.74) is 2.88. The van der Waals surface area contributed by atoms with E-state index >= 15 is 0 Å². The number of thioether (sulfide) groups is 1. The fourth-order valence-electron chi connectivity index (χ4n) is 3.07. The van der Waals surface area contributed by atoms with Crippen molar-refractivity contribution in [2.75, 3.05) is 25.3 Å². The van der Waals surface area contributed by atoms with E-state index in [-0.39, 0.29) is 0 Å². The highest BCUT2D eigenvalue weighted by atomic mass is 79.9. The molecule has 156 valence electrons. The Morgan fingerprint density at radius 2 is 1.93 bits per heavy atom. The van der Waals surface area contributed by atoms with E-state index in [1.165, 1.54) is 11.8 Å². The molecule has 0 radical (unpaired) electrons. The number of nitrogens with one attached hydrogen (secondary N) is 1. The smallest absolute Gasteiger partial charge is 0.247 e. The maximum absolute atomic E-state index is 6.57. The number of fused-ring (bicyclic) bond motifs is 3. The summed E-state index contributed by atoms with van der Waals surface area (Å²) in [4.78, 5) is 4.59. The summed E-state index contributed by atoms with van der Waals surface area (Å²) in [6.07, 6.45) is -0.630. The molecule has 0 amide bonds. The molecule has 1 atom stereocenters. The maximum Gasteiger partial charge on any atom is 0.247 e. The fraction of sp³-hybridized carbons (Fsp3) is 0.250. The number of rotatable bonds is 5. The SMILES string of the molecule is CCSc1nnc2c(n1)O[C@@H](c1cc(OC)c(OC)cc1Cl)Nc1ccc(Br)cc1-2. The largest absolute Gasteiger partial charge is 0.493 e. The molecule has 0 aliphatic carbocycles. The van der Waals surface area contributed by atoms with Gasteiger partial charge in [0.05, 0.1) is 19.2 Å². The average Bonchev–Trinajstić information content (AvgIpc) is 2.89. The molecule has 1 aliphatic heterocycles. The third-order valence-electron chi connectivity index (χ3n) is 4.45. The molecule has 1 N–H and O–H groups in total. The Bertz CT molecular complexity index is 1100. The van der Waals surface area contributed by atoms with Crippen LogP contribution < -0.4 is 19.5 Å². The third-order valence-corrected chi connectivity index (χ3v) is 5.99. The van der Waals surface area contributed by atoms with Gasteiger partial charge in [-0.2, -0.15) is 4.98 Å². The lowest BCUT2D eigenvalue weighted by atomic mass is 10.1. The Kier molecular flexibility index (Phi) is 6.21. The van der Waals surface area contributed by atoms with Crippen molar-refractivity contribution in [3.8, 4) is 28.6 Å². The van der Waals surface area contributed by atoms with Crippen molar-refractivity contribution in [1.29, 1.82) is 0 Å². The monoisotopic (exact) mass is 508 g/mol. The van der Waals surface area contributed by atoms with E-state index in [9.17, 15) is 0 Å². The van der Waals surface area contributed by atoms with Crippen molar-refractivity contribution in [1.82, 2.24) is 15.2 Å². The number of ether oxygens (including phenoxy) is 3. The number of benzene rings is 2. The van der Waals surface area contributed by atoms with E-state index in [0.717, 1.165) is 21.5 Å². The fourth-order valence-corrected chi connectivity index (χ4v) is 4.19. The van der Waals surface area contributed by atoms with Gasteiger partial charge < -0.3 is 19.5 Å². The van der Waals surface area contributed by atoms with Gasteiger partial charge in [-0.1, -0.05) is 46.2 Å². The van der Waals surface area contributed by atoms with Crippen LogP contribution in [0.1, 0.15) is 18.7 Å². The minimum atomic E-state index is -0.630. The number of halogens is 2. The van der Waals surface area contributed by atoms with Gasteiger partial charge in [0, 0.05) is 27.4 Å². The molecule has 0 saturated heterocycles. The summed E-state index contributed by atoms with van der Waals surface area (Å²) in [6, 6.07) is 9.32. The molecular weight excluding hydrogens is 492 g/mol. The lowest BCUT2D eigenvalue weighted by Crippen LogP contribution is -2.18. The van der Waals surface area contributed by atoms with Crippen molar-refractivity contribution >= 4 is 45.0 Å². The Hall–Kier alpha value is -2.23. The van der Waals surface area contributed by atoms with Crippen molar-refractivity contribution in [3.63, 3.8) is 0 Å². The van der Waals surface area contributed by atoms with Gasteiger partial charge in [-0.15, -0.1) is 10.2 Å². The van der Waals surface area contributed by atoms with E-state index in [1.807, 2.05) is 25.1 Å². The van der Waals surface area contributed by atoms with E-state index in [2.05, 4.69) is 36.4 Å². The van der Waals surface area contributed by atoms with Crippen LogP contribution in [0, 0.1) is 0 Å². The van der Waals surface area contributed by atoms with Crippen LogP contribution in [0.2, 0.25) is 5.02 Å². The van der Waals surface area contributed by atoms with E-state index < -0.39 is 6.23 Å². The highest BCUT2D eigenvalue weighted by Gasteiger charge is 2.28. The quantitative estimate of drug-likeness (QED) is 0.446. The Morgan fingerprint density at radius 3 is 2.67 bits per heavy atom. The Morgan fingerprint density at radius 1 is 1.17 bits per heavy atom. The lowest BCUT2D eigenvalue weighted by Gasteiger charge is -2.21. The second-order valence-electron chi connectivity index (χ2n) is 6.24. The number of anilines is 1. The highest BCUT2D eigenvalue weighted by Crippen LogP contribution is 2.43. The van der Waals surface area contributed by atoms with Crippen LogP contribution in [0.3, 0.4) is 0 Å². The van der Waals surface area contributed by atoms with Gasteiger partial charge in [0.15, 0.2) is 23.4 Å². The van der Waals surface area contributed by atoms with Crippen molar-refractivity contribution in [2.45, 2.75) is 18.3 Å². The van der Waals surface area contributed by atoms with E-state index in [0.29, 0.717) is 38.8 Å². The molecule has 1 aromatic heterocycles. The molecule has 30 heavy (non-hydrogen) atoms. The summed E-state index contributed by atoms with van der Waals surface area (Å²) < 4.78 is 18.0. The topological polar surface area (TPSA) is 78.4 Å². The second kappa shape index (κ2) is 8.87. The standard InChI is InChI=1S/C20H18BrClN4O3S/c1-4-30-20-24-19-17(25-26-20)12-7-10(21)5-6-14(12)23-18(29-19)11-8-15(27-2)16(28-3)9-13(11)22/h5-9,18,23H,4H2,1-3H3/t18-/m0/s1. The predicted octanol–water partition coefficient (Wildman–Crippen LogP) is 5.59. The van der Waals surface area contributed by atoms with Crippen LogP contribution in [0.5, 0.6) is 17.4 Å². The molecule has 2 aromatic carbocycles. The summed E-state index contributed by atoms with van der Waals surface area (Å²) in [6.45, 7) is 2.03. The normalized spacial score (nSPS) is 14.6. The van der Waals surface area contributed by atoms with Crippen LogP contribution in [0.25, 0.3) is 11.3 Å². The molecule has 0 saturated carbocycles. The van der Waals surface area contributed by atoms with Crippen molar-refractivity contribution in [2.24, 2.45) is 0 Å². The first-order chi connectivity index (χ1) is 14.5. The van der Waals surface area contributed by atoms with Crippen LogP contribution in [-0.2, 0) is 0 Å². The number of methoxy groups -OCH3 is 2. The first kappa shape index (κ1) is 21.0. The summed E-state index contributed by atoms with van der Waals surface area (Å²) in [5, 5.41) is 13.0. The van der Waals surface area contributed by atoms with Crippen LogP contribution >= 0.6 is 39.3 Å². The van der Waals surface area contributed by atoms with Gasteiger partial charge >= 0.3 is 0 Å². The molecule has 10 heteroatoms. The zero-order valence-electron chi connectivity index (χ0n) is 16.4. The highest BCUT2D eigenvalue weighted by molar-refractivity contribution is 9.10. The third kappa shape index (κ3) is 4.01. The number of aromatic nitrogens is 3. The zero-order chi connectivity index (χ0) is 21.3. The van der Waals surface area contributed by atoms with Crippen molar-refractivity contribution in [3.05, 3.63) is 45.4 Å². The number of hydrogen-bond acceptors (Lipinski definition) is 8. The molecule has 4 rings (SSSR count). The lowest BCUT2D eigenvalue weighted by molar-refractivity contribution is 0.224. The summed E-state index contributed by atoms with van der Waals surface area (Å²) in [5.74, 6) is 2.29. The van der Waals surface area contributed by atoms with Gasteiger partial charge in [-0.3, -0.25) is 0 Å². The predicted molar refractivity (Wildman–Crippen MR) is 121 cm³/mol. The molecular formula is C20H18BrClN4O3S. The van der Waals surface area contributed by atoms with Crippen LogP contribution in [-0.4, -0.2) is 35.2 Å². The maximum atomic E-state index is 6.57. The molecule has 0 fully saturated rings.